The fraction of sp³-hybridized carbons (Fsp3) is 0.211. The molecule has 0 radical (unpaired) electrons. The number of sulfonamides is 1. The van der Waals surface area contributed by atoms with Crippen LogP contribution in [0.3, 0.4) is 0 Å². The molecule has 11 heteroatoms. The Morgan fingerprint density at radius 1 is 1.20 bits per heavy atom. The summed E-state index contributed by atoms with van der Waals surface area (Å²) in [5.74, 6) is -0.708. The molecule has 1 amide bonds. The van der Waals surface area contributed by atoms with Crippen LogP contribution < -0.4 is 14.5 Å². The minimum absolute atomic E-state index is 0.232. The highest BCUT2D eigenvalue weighted by Crippen LogP contribution is 2.27. The average molecular weight is 498 g/mol. The van der Waals surface area contributed by atoms with Gasteiger partial charge in [0.15, 0.2) is 6.61 Å². The molecule has 1 N–H and O–H groups in total. The Hall–Kier alpha value is -2.92. The Balaban J connectivity index is 2.01. The van der Waals surface area contributed by atoms with E-state index in [9.17, 15) is 18.0 Å². The highest BCUT2D eigenvalue weighted by atomic mass is 79.9. The Labute approximate surface area is 182 Å². The third-order valence-corrected chi connectivity index (χ3v) is 5.45. The van der Waals surface area contributed by atoms with Crippen molar-refractivity contribution in [2.45, 2.75) is 0 Å². The number of hydrogen-bond donors (Lipinski definition) is 1. The van der Waals surface area contributed by atoms with Crippen molar-refractivity contribution in [3.8, 4) is 5.75 Å². The molecule has 30 heavy (non-hydrogen) atoms. The largest absolute Gasteiger partial charge is 0.482 e. The molecule has 0 aliphatic heterocycles. The van der Waals surface area contributed by atoms with Gasteiger partial charge < -0.3 is 9.47 Å². The van der Waals surface area contributed by atoms with Crippen molar-refractivity contribution in [3.05, 3.63) is 58.6 Å². The highest BCUT2D eigenvalue weighted by molar-refractivity contribution is 9.10. The van der Waals surface area contributed by atoms with E-state index < -0.39 is 28.4 Å². The highest BCUT2D eigenvalue weighted by Gasteiger charge is 2.22. The van der Waals surface area contributed by atoms with Crippen LogP contribution in [0.15, 0.2) is 58.1 Å². The van der Waals surface area contributed by atoms with E-state index in [1.54, 1.807) is 48.5 Å². The number of carbonyl (C=O) groups excluding carboxylic acids is 2. The Kier molecular flexibility index (Phi) is 8.36. The standard InChI is InChI=1S/C19H20BrN3O6S/c1-28-19(25)13-29-15-7-5-6-14(10-15)11-21-22-18(24)12-23(30(2,26)27)17-9-4-3-8-16(17)20/h3-11H,12-13H2,1-2H3,(H,22,24)/b21-11-. The van der Waals surface area contributed by atoms with Crippen molar-refractivity contribution in [1.82, 2.24) is 5.43 Å². The molecule has 0 atom stereocenters. The number of ether oxygens (including phenoxy) is 2. The maximum absolute atomic E-state index is 12.2. The van der Waals surface area contributed by atoms with E-state index in [4.69, 9.17) is 4.74 Å². The van der Waals surface area contributed by atoms with E-state index in [-0.39, 0.29) is 6.61 Å². The van der Waals surface area contributed by atoms with Gasteiger partial charge in [0.1, 0.15) is 12.3 Å². The van der Waals surface area contributed by atoms with Gasteiger partial charge in [0.2, 0.25) is 10.0 Å². The predicted molar refractivity (Wildman–Crippen MR) is 116 cm³/mol. The molecule has 0 bridgehead atoms. The van der Waals surface area contributed by atoms with Crippen LogP contribution in [-0.4, -0.2) is 53.0 Å². The molecule has 0 aliphatic rings. The van der Waals surface area contributed by atoms with Crippen molar-refractivity contribution in [1.29, 1.82) is 0 Å². The number of para-hydroxylation sites is 1. The molecule has 0 unspecified atom stereocenters. The molecule has 9 nitrogen and oxygen atoms in total. The van der Waals surface area contributed by atoms with Gasteiger partial charge in [-0.1, -0.05) is 24.3 Å². The molecule has 0 fully saturated rings. The van der Waals surface area contributed by atoms with Gasteiger partial charge >= 0.3 is 5.97 Å². The van der Waals surface area contributed by atoms with Crippen molar-refractivity contribution < 1.29 is 27.5 Å². The van der Waals surface area contributed by atoms with Crippen molar-refractivity contribution >= 4 is 49.7 Å². The van der Waals surface area contributed by atoms with Crippen molar-refractivity contribution in [2.75, 3.05) is 30.8 Å². The summed E-state index contributed by atoms with van der Waals surface area (Å²) in [7, 11) is -2.43. The van der Waals surface area contributed by atoms with E-state index in [1.165, 1.54) is 13.3 Å². The second-order valence-corrected chi connectivity index (χ2v) is 8.71. The molecule has 2 aromatic rings. The summed E-state index contributed by atoms with van der Waals surface area (Å²) in [4.78, 5) is 23.4. The van der Waals surface area contributed by atoms with Crippen LogP contribution in [0.4, 0.5) is 5.69 Å². The Morgan fingerprint density at radius 3 is 2.60 bits per heavy atom. The van der Waals surface area contributed by atoms with E-state index in [0.717, 1.165) is 10.6 Å². The Bertz CT molecular complexity index is 1040. The molecule has 0 aliphatic carbocycles. The summed E-state index contributed by atoms with van der Waals surface area (Å²) in [6.07, 6.45) is 2.38. The van der Waals surface area contributed by atoms with Crippen LogP contribution in [0.2, 0.25) is 0 Å². The quantitative estimate of drug-likeness (QED) is 0.321. The maximum atomic E-state index is 12.2. The first kappa shape index (κ1) is 23.4. The Morgan fingerprint density at radius 2 is 1.93 bits per heavy atom. The van der Waals surface area contributed by atoms with Gasteiger partial charge in [-0.25, -0.2) is 18.6 Å². The van der Waals surface area contributed by atoms with Gasteiger partial charge in [-0.05, 0) is 45.8 Å². The third kappa shape index (κ3) is 7.16. The SMILES string of the molecule is COC(=O)COc1cccc(/C=N\NC(=O)CN(c2ccccc2Br)S(C)(=O)=O)c1. The van der Waals surface area contributed by atoms with Crippen molar-refractivity contribution in [2.24, 2.45) is 5.10 Å². The van der Waals surface area contributed by atoms with E-state index in [0.29, 0.717) is 21.5 Å². The number of carbonyl (C=O) groups is 2. The molecule has 2 rings (SSSR count). The number of methoxy groups -OCH3 is 1. The van der Waals surface area contributed by atoms with E-state index in [1.807, 2.05) is 0 Å². The number of hydrogen-bond acceptors (Lipinski definition) is 7. The lowest BCUT2D eigenvalue weighted by Gasteiger charge is -2.22. The van der Waals surface area contributed by atoms with Gasteiger partial charge in [0, 0.05) is 4.47 Å². The van der Waals surface area contributed by atoms with Crippen LogP contribution in [0.25, 0.3) is 0 Å². The van der Waals surface area contributed by atoms with E-state index >= 15 is 0 Å². The second-order valence-electron chi connectivity index (χ2n) is 5.95. The normalized spacial score (nSPS) is 11.2. The molecule has 2 aromatic carbocycles. The number of nitrogens with zero attached hydrogens (tertiary/aromatic N) is 2. The van der Waals surface area contributed by atoms with Gasteiger partial charge in [-0.15, -0.1) is 0 Å². The minimum atomic E-state index is -3.70. The number of rotatable bonds is 9. The summed E-state index contributed by atoms with van der Waals surface area (Å²) in [6.45, 7) is -0.675. The van der Waals surface area contributed by atoms with Crippen molar-refractivity contribution in [3.63, 3.8) is 0 Å². The summed E-state index contributed by atoms with van der Waals surface area (Å²) in [5.41, 5.74) is 3.24. The molecule has 0 saturated carbocycles. The number of amides is 1. The average Bonchev–Trinajstić information content (AvgIpc) is 2.70. The lowest BCUT2D eigenvalue weighted by atomic mass is 10.2. The smallest absolute Gasteiger partial charge is 0.343 e. The lowest BCUT2D eigenvalue weighted by molar-refractivity contribution is -0.142. The summed E-state index contributed by atoms with van der Waals surface area (Å²) in [6, 6.07) is 13.3. The number of esters is 1. The number of anilines is 1. The fourth-order valence-corrected chi connectivity index (χ4v) is 3.75. The first-order valence-corrected chi connectivity index (χ1v) is 11.2. The number of halogens is 1. The minimum Gasteiger partial charge on any atom is -0.482 e. The molecule has 160 valence electrons. The zero-order valence-electron chi connectivity index (χ0n) is 16.2. The molecule has 0 spiro atoms. The molecular weight excluding hydrogens is 478 g/mol. The summed E-state index contributed by atoms with van der Waals surface area (Å²) < 4.78 is 35.5. The van der Waals surface area contributed by atoms with Crippen LogP contribution in [0, 0.1) is 0 Å². The zero-order valence-corrected chi connectivity index (χ0v) is 18.6. The summed E-state index contributed by atoms with van der Waals surface area (Å²) in [5, 5.41) is 3.84. The van der Waals surface area contributed by atoms with Gasteiger partial charge in [-0.3, -0.25) is 9.10 Å². The van der Waals surface area contributed by atoms with Crippen LogP contribution >= 0.6 is 15.9 Å². The first-order chi connectivity index (χ1) is 14.2. The molecular formula is C19H20BrN3O6S. The van der Waals surface area contributed by atoms with Gasteiger partial charge in [-0.2, -0.15) is 5.10 Å². The van der Waals surface area contributed by atoms with Crippen LogP contribution in [-0.2, 0) is 24.3 Å². The predicted octanol–water partition coefficient (Wildman–Crippen LogP) is 1.92. The number of hydrazone groups is 1. The van der Waals surface area contributed by atoms with Crippen LogP contribution in [0.1, 0.15) is 5.56 Å². The second kappa shape index (κ2) is 10.7. The molecule has 0 heterocycles. The van der Waals surface area contributed by atoms with E-state index in [2.05, 4.69) is 31.2 Å². The topological polar surface area (TPSA) is 114 Å². The third-order valence-electron chi connectivity index (χ3n) is 3.65. The monoisotopic (exact) mass is 497 g/mol. The van der Waals surface area contributed by atoms with Gasteiger partial charge in [0.05, 0.1) is 25.3 Å². The first-order valence-electron chi connectivity index (χ1n) is 8.54. The number of nitrogens with one attached hydrogen (secondary N) is 1. The molecule has 0 aromatic heterocycles. The van der Waals surface area contributed by atoms with Gasteiger partial charge in [0.25, 0.3) is 5.91 Å². The molecule has 0 saturated heterocycles. The zero-order chi connectivity index (χ0) is 22.1. The lowest BCUT2D eigenvalue weighted by Crippen LogP contribution is -2.39. The fourth-order valence-electron chi connectivity index (χ4n) is 2.27. The maximum Gasteiger partial charge on any atom is 0.343 e. The van der Waals surface area contributed by atoms with Crippen LogP contribution in [0.5, 0.6) is 5.75 Å². The number of benzene rings is 2. The summed E-state index contributed by atoms with van der Waals surface area (Å²) >= 11 is 3.29.